The van der Waals surface area contributed by atoms with Gasteiger partial charge in [0.05, 0.1) is 16.9 Å². The van der Waals surface area contributed by atoms with Gasteiger partial charge in [-0.15, -0.1) is 0 Å². The monoisotopic (exact) mass is 438 g/mol. The minimum atomic E-state index is -3.61. The number of carbonyl (C=O) groups is 1. The second-order valence-corrected chi connectivity index (χ2v) is 9.63. The zero-order valence-electron chi connectivity index (χ0n) is 17.5. The van der Waals surface area contributed by atoms with Crippen molar-refractivity contribution in [2.75, 3.05) is 13.1 Å². The first-order valence-corrected chi connectivity index (χ1v) is 11.9. The number of nitrogens with zero attached hydrogens (tertiary/aromatic N) is 3. The summed E-state index contributed by atoms with van der Waals surface area (Å²) < 4.78 is 29.7. The first-order valence-electron chi connectivity index (χ1n) is 10.4. The van der Waals surface area contributed by atoms with Gasteiger partial charge in [-0.25, -0.2) is 13.4 Å². The van der Waals surface area contributed by atoms with E-state index >= 15 is 0 Å². The Kier molecular flexibility index (Phi) is 6.20. The number of para-hydroxylation sites is 1. The molecule has 31 heavy (non-hydrogen) atoms. The fourth-order valence-electron chi connectivity index (χ4n) is 3.85. The molecule has 2 heterocycles. The lowest BCUT2D eigenvalue weighted by Crippen LogP contribution is -2.36. The Bertz CT molecular complexity index is 1170. The van der Waals surface area contributed by atoms with Gasteiger partial charge in [-0.2, -0.15) is 4.31 Å². The van der Waals surface area contributed by atoms with Crippen LogP contribution in [-0.2, 0) is 16.6 Å². The van der Waals surface area contributed by atoms with E-state index in [2.05, 4.69) is 10.3 Å². The lowest BCUT2D eigenvalue weighted by atomic mass is 10.1. The van der Waals surface area contributed by atoms with E-state index in [0.29, 0.717) is 30.8 Å². The van der Waals surface area contributed by atoms with Crippen molar-refractivity contribution in [1.82, 2.24) is 19.2 Å². The van der Waals surface area contributed by atoms with E-state index in [4.69, 9.17) is 0 Å². The smallest absolute Gasteiger partial charge is 0.251 e. The molecule has 0 unspecified atom stereocenters. The molecule has 0 bridgehead atoms. The maximum absolute atomic E-state index is 13.1. The first kappa shape index (κ1) is 21.3. The molecule has 0 saturated carbocycles. The predicted octanol–water partition coefficient (Wildman–Crippen LogP) is 3.29. The molecular weight excluding hydrogens is 412 g/mol. The van der Waals surface area contributed by atoms with Crippen LogP contribution in [0.5, 0.6) is 0 Å². The molecule has 1 aliphatic rings. The molecule has 1 N–H and O–H groups in total. The van der Waals surface area contributed by atoms with Crippen molar-refractivity contribution < 1.29 is 13.2 Å². The summed E-state index contributed by atoms with van der Waals surface area (Å²) >= 11 is 0. The number of nitrogens with one attached hydrogen (secondary N) is 1. The van der Waals surface area contributed by atoms with E-state index in [-0.39, 0.29) is 10.8 Å². The topological polar surface area (TPSA) is 84.3 Å². The van der Waals surface area contributed by atoms with E-state index in [0.717, 1.165) is 30.5 Å². The summed E-state index contributed by atoms with van der Waals surface area (Å²) in [7, 11) is -3.61. The van der Waals surface area contributed by atoms with Crippen molar-refractivity contribution >= 4 is 15.9 Å². The highest BCUT2D eigenvalue weighted by atomic mass is 32.2. The number of amides is 1. The van der Waals surface area contributed by atoms with Crippen molar-refractivity contribution in [2.45, 2.75) is 37.6 Å². The summed E-state index contributed by atoms with van der Waals surface area (Å²) in [6.45, 7) is 3.14. The van der Waals surface area contributed by atoms with Gasteiger partial charge in [-0.05, 0) is 49.1 Å². The zero-order chi connectivity index (χ0) is 21.8. The molecule has 1 aliphatic heterocycles. The minimum absolute atomic E-state index is 0.209. The standard InChI is InChI=1S/C23H26N4O3S/c1-18-9-10-19(15-22(18)31(29,30)27-12-5-2-6-13-27)23(28)25-16-20-7-3-4-8-21(20)26-14-11-24-17-26/h3-4,7-11,14-15,17H,2,5-6,12-13,16H2,1H3,(H,25,28). The number of sulfonamides is 1. The molecule has 3 aromatic rings. The lowest BCUT2D eigenvalue weighted by Gasteiger charge is -2.26. The molecule has 1 fully saturated rings. The number of carbonyl (C=O) groups excluding carboxylic acids is 1. The first-order chi connectivity index (χ1) is 15.0. The van der Waals surface area contributed by atoms with Crippen molar-refractivity contribution in [2.24, 2.45) is 0 Å². The van der Waals surface area contributed by atoms with Crippen LogP contribution in [0, 0.1) is 6.92 Å². The van der Waals surface area contributed by atoms with Gasteiger partial charge in [0.25, 0.3) is 5.91 Å². The fourth-order valence-corrected chi connectivity index (χ4v) is 5.62. The third-order valence-electron chi connectivity index (χ3n) is 5.60. The van der Waals surface area contributed by atoms with Crippen LogP contribution >= 0.6 is 0 Å². The summed E-state index contributed by atoms with van der Waals surface area (Å²) in [6, 6.07) is 12.6. The van der Waals surface area contributed by atoms with E-state index in [1.807, 2.05) is 35.0 Å². The molecule has 2 aromatic carbocycles. The van der Waals surface area contributed by atoms with Crippen LogP contribution in [0.3, 0.4) is 0 Å². The van der Waals surface area contributed by atoms with Crippen LogP contribution in [-0.4, -0.2) is 41.3 Å². The summed E-state index contributed by atoms with van der Waals surface area (Å²) in [4.78, 5) is 17.1. The van der Waals surface area contributed by atoms with Gasteiger partial charge in [0.15, 0.2) is 0 Å². The Balaban J connectivity index is 1.53. The average molecular weight is 439 g/mol. The number of hydrogen-bond acceptors (Lipinski definition) is 4. The minimum Gasteiger partial charge on any atom is -0.348 e. The summed E-state index contributed by atoms with van der Waals surface area (Å²) in [6.07, 6.45) is 8.04. The van der Waals surface area contributed by atoms with Crippen LogP contribution in [0.15, 0.2) is 66.1 Å². The molecule has 162 valence electrons. The largest absolute Gasteiger partial charge is 0.348 e. The number of piperidine rings is 1. The van der Waals surface area contributed by atoms with E-state index < -0.39 is 10.0 Å². The van der Waals surface area contributed by atoms with Crippen molar-refractivity contribution in [3.05, 3.63) is 77.9 Å². The van der Waals surface area contributed by atoms with E-state index in [1.165, 1.54) is 10.4 Å². The predicted molar refractivity (Wildman–Crippen MR) is 119 cm³/mol. The molecule has 4 rings (SSSR count). The molecule has 8 heteroatoms. The molecule has 0 radical (unpaired) electrons. The fraction of sp³-hybridized carbons (Fsp3) is 0.304. The van der Waals surface area contributed by atoms with Gasteiger partial charge in [0.1, 0.15) is 0 Å². The number of benzene rings is 2. The lowest BCUT2D eigenvalue weighted by molar-refractivity contribution is 0.0950. The van der Waals surface area contributed by atoms with E-state index in [1.54, 1.807) is 31.6 Å². The van der Waals surface area contributed by atoms with Crippen molar-refractivity contribution in [3.8, 4) is 5.69 Å². The number of rotatable bonds is 6. The third-order valence-corrected chi connectivity index (χ3v) is 7.64. The molecule has 0 spiro atoms. The molecule has 1 amide bonds. The third kappa shape index (κ3) is 4.55. The van der Waals surface area contributed by atoms with Crippen LogP contribution < -0.4 is 5.32 Å². The van der Waals surface area contributed by atoms with Gasteiger partial charge in [0, 0.05) is 37.6 Å². The number of aryl methyl sites for hydroxylation is 1. The van der Waals surface area contributed by atoms with Gasteiger partial charge in [0.2, 0.25) is 10.0 Å². The Morgan fingerprint density at radius 3 is 2.61 bits per heavy atom. The molecular formula is C23H26N4O3S. The Morgan fingerprint density at radius 2 is 1.87 bits per heavy atom. The SMILES string of the molecule is Cc1ccc(C(=O)NCc2ccccc2-n2ccnc2)cc1S(=O)(=O)N1CCCCC1. The van der Waals surface area contributed by atoms with E-state index in [9.17, 15) is 13.2 Å². The number of imidazole rings is 1. The maximum Gasteiger partial charge on any atom is 0.251 e. The van der Waals surface area contributed by atoms with Crippen molar-refractivity contribution in [3.63, 3.8) is 0 Å². The van der Waals surface area contributed by atoms with Crippen LogP contribution in [0.1, 0.15) is 40.7 Å². The molecule has 7 nitrogen and oxygen atoms in total. The Labute approximate surface area is 182 Å². The highest BCUT2D eigenvalue weighted by Crippen LogP contribution is 2.24. The highest BCUT2D eigenvalue weighted by Gasteiger charge is 2.28. The quantitative estimate of drug-likeness (QED) is 0.640. The van der Waals surface area contributed by atoms with Gasteiger partial charge in [-0.3, -0.25) is 4.79 Å². The molecule has 1 aromatic heterocycles. The second kappa shape index (κ2) is 9.03. The molecule has 0 atom stereocenters. The highest BCUT2D eigenvalue weighted by molar-refractivity contribution is 7.89. The van der Waals surface area contributed by atoms with Gasteiger partial charge in [-0.1, -0.05) is 30.7 Å². The van der Waals surface area contributed by atoms with Crippen LogP contribution in [0.25, 0.3) is 5.69 Å². The Hall–Kier alpha value is -2.97. The van der Waals surface area contributed by atoms with Gasteiger partial charge < -0.3 is 9.88 Å². The number of aromatic nitrogens is 2. The normalized spacial score (nSPS) is 15.0. The summed E-state index contributed by atoms with van der Waals surface area (Å²) in [5.74, 6) is -0.310. The summed E-state index contributed by atoms with van der Waals surface area (Å²) in [5, 5.41) is 2.91. The zero-order valence-corrected chi connectivity index (χ0v) is 18.3. The average Bonchev–Trinajstić information content (AvgIpc) is 3.33. The van der Waals surface area contributed by atoms with Crippen molar-refractivity contribution in [1.29, 1.82) is 0 Å². The molecule has 1 saturated heterocycles. The molecule has 0 aliphatic carbocycles. The summed E-state index contributed by atoms with van der Waals surface area (Å²) in [5.41, 5.74) is 2.84. The maximum atomic E-state index is 13.1. The Morgan fingerprint density at radius 1 is 1.10 bits per heavy atom. The second-order valence-electron chi connectivity index (χ2n) is 7.73. The van der Waals surface area contributed by atoms with Crippen LogP contribution in [0.2, 0.25) is 0 Å². The number of hydrogen-bond donors (Lipinski definition) is 1. The van der Waals surface area contributed by atoms with Crippen LogP contribution in [0.4, 0.5) is 0 Å². The van der Waals surface area contributed by atoms with Gasteiger partial charge >= 0.3 is 0 Å².